The largest absolute Gasteiger partial charge is 0.490 e. The van der Waals surface area contributed by atoms with E-state index in [0.717, 1.165) is 49.4 Å². The van der Waals surface area contributed by atoms with Crippen molar-refractivity contribution in [2.75, 3.05) is 19.6 Å². The number of likely N-dealkylation sites (N-methyl/N-ethyl adjacent to an activating group) is 1. The second kappa shape index (κ2) is 8.90. The summed E-state index contributed by atoms with van der Waals surface area (Å²) in [6.07, 6.45) is -1.55. The Balaban J connectivity index is 0.000000321. The molecular formula is C18H19F4N3O2. The van der Waals surface area contributed by atoms with E-state index in [-0.39, 0.29) is 5.82 Å². The standard InChI is InChI=1S/C16H18FN3.C2HF3O2/c1-2-20-9-7-14-15(8-10-20)18-11-19-16(14)12-3-5-13(17)6-4-12;3-2(4,5)1(6)7/h3-6,11H,2,7-10H2,1H3;(H,6,7). The Bertz CT molecular complexity index is 779. The van der Waals surface area contributed by atoms with E-state index in [1.807, 2.05) is 0 Å². The van der Waals surface area contributed by atoms with Gasteiger partial charge in [-0.05, 0) is 37.2 Å². The monoisotopic (exact) mass is 385 g/mol. The van der Waals surface area contributed by atoms with E-state index in [9.17, 15) is 17.6 Å². The fourth-order valence-electron chi connectivity index (χ4n) is 2.75. The third-order valence-electron chi connectivity index (χ3n) is 4.18. The molecule has 1 aromatic heterocycles. The van der Waals surface area contributed by atoms with E-state index in [1.54, 1.807) is 18.5 Å². The molecule has 1 aliphatic heterocycles. The van der Waals surface area contributed by atoms with Crippen LogP contribution in [0.15, 0.2) is 30.6 Å². The van der Waals surface area contributed by atoms with Crippen LogP contribution in [0.1, 0.15) is 18.2 Å². The van der Waals surface area contributed by atoms with Crippen molar-refractivity contribution in [2.45, 2.75) is 25.9 Å². The van der Waals surface area contributed by atoms with E-state index < -0.39 is 12.1 Å². The number of aromatic nitrogens is 2. The number of alkyl halides is 3. The Hall–Kier alpha value is -2.55. The molecule has 0 radical (unpaired) electrons. The number of nitrogens with zero attached hydrogens (tertiary/aromatic N) is 3. The highest BCUT2D eigenvalue weighted by molar-refractivity contribution is 5.73. The van der Waals surface area contributed by atoms with Crippen LogP contribution in [-0.2, 0) is 17.6 Å². The molecule has 0 unspecified atom stereocenters. The molecule has 0 spiro atoms. The van der Waals surface area contributed by atoms with E-state index >= 15 is 0 Å². The summed E-state index contributed by atoms with van der Waals surface area (Å²) in [7, 11) is 0. The van der Waals surface area contributed by atoms with Crippen LogP contribution < -0.4 is 0 Å². The number of aliphatic carboxylic acids is 1. The zero-order valence-electron chi connectivity index (χ0n) is 14.6. The van der Waals surface area contributed by atoms with Crippen LogP contribution >= 0.6 is 0 Å². The molecule has 0 bridgehead atoms. The summed E-state index contributed by atoms with van der Waals surface area (Å²) in [5, 5.41) is 7.12. The van der Waals surface area contributed by atoms with Crippen molar-refractivity contribution < 1.29 is 27.5 Å². The highest BCUT2D eigenvalue weighted by Crippen LogP contribution is 2.25. The van der Waals surface area contributed by atoms with Crippen LogP contribution in [0.25, 0.3) is 11.3 Å². The molecule has 146 valence electrons. The summed E-state index contributed by atoms with van der Waals surface area (Å²) in [5.41, 5.74) is 4.27. The van der Waals surface area contributed by atoms with Gasteiger partial charge in [0.15, 0.2) is 0 Å². The fraction of sp³-hybridized carbons (Fsp3) is 0.389. The molecule has 3 rings (SSSR count). The summed E-state index contributed by atoms with van der Waals surface area (Å²) in [4.78, 5) is 20.2. The second-order valence-electron chi connectivity index (χ2n) is 5.89. The summed E-state index contributed by atoms with van der Waals surface area (Å²) in [5.74, 6) is -2.97. The summed E-state index contributed by atoms with van der Waals surface area (Å²) in [6.45, 7) is 5.32. The number of carboxylic acids is 1. The lowest BCUT2D eigenvalue weighted by Gasteiger charge is -2.16. The normalized spacial score (nSPS) is 14.6. The SMILES string of the molecule is CCN1CCc2ncnc(-c3ccc(F)cc3)c2CC1.O=C(O)C(F)(F)F. The first kappa shape index (κ1) is 20.8. The predicted molar refractivity (Wildman–Crippen MR) is 90.6 cm³/mol. The third kappa shape index (κ3) is 5.72. The van der Waals surface area contributed by atoms with E-state index in [1.165, 1.54) is 17.7 Å². The summed E-state index contributed by atoms with van der Waals surface area (Å²) in [6, 6.07) is 6.55. The molecule has 1 N–H and O–H groups in total. The van der Waals surface area contributed by atoms with Gasteiger partial charge in [0, 0.05) is 36.3 Å². The minimum Gasteiger partial charge on any atom is -0.475 e. The van der Waals surface area contributed by atoms with Gasteiger partial charge in [0.2, 0.25) is 0 Å². The van der Waals surface area contributed by atoms with Gasteiger partial charge in [0.05, 0.1) is 5.69 Å². The lowest BCUT2D eigenvalue weighted by molar-refractivity contribution is -0.192. The van der Waals surface area contributed by atoms with Crippen LogP contribution in [0.2, 0.25) is 0 Å². The lowest BCUT2D eigenvalue weighted by atomic mass is 10.0. The number of hydrogen-bond donors (Lipinski definition) is 1. The number of benzene rings is 1. The molecule has 0 saturated heterocycles. The minimum absolute atomic E-state index is 0.217. The maximum atomic E-state index is 13.1. The van der Waals surface area contributed by atoms with Gasteiger partial charge in [-0.25, -0.2) is 19.2 Å². The number of hydrogen-bond acceptors (Lipinski definition) is 4. The lowest BCUT2D eigenvalue weighted by Crippen LogP contribution is -2.25. The molecular weight excluding hydrogens is 366 g/mol. The van der Waals surface area contributed by atoms with Gasteiger partial charge < -0.3 is 10.0 Å². The molecule has 1 aliphatic rings. The second-order valence-corrected chi connectivity index (χ2v) is 5.89. The molecule has 0 aliphatic carbocycles. The minimum atomic E-state index is -5.08. The highest BCUT2D eigenvalue weighted by atomic mass is 19.4. The molecule has 0 saturated carbocycles. The Kier molecular flexibility index (Phi) is 6.84. The van der Waals surface area contributed by atoms with Crippen LogP contribution in [0, 0.1) is 5.82 Å². The smallest absolute Gasteiger partial charge is 0.475 e. The quantitative estimate of drug-likeness (QED) is 0.804. The molecule has 27 heavy (non-hydrogen) atoms. The Labute approximate surface area is 153 Å². The van der Waals surface area contributed by atoms with Gasteiger partial charge in [-0.2, -0.15) is 13.2 Å². The molecule has 2 heterocycles. The van der Waals surface area contributed by atoms with E-state index in [0.29, 0.717) is 0 Å². The van der Waals surface area contributed by atoms with Gasteiger partial charge in [0.1, 0.15) is 12.1 Å². The number of carboxylic acid groups (broad SMARTS) is 1. The molecule has 5 nitrogen and oxygen atoms in total. The average Bonchev–Trinajstić information content (AvgIpc) is 2.84. The van der Waals surface area contributed by atoms with Gasteiger partial charge in [-0.1, -0.05) is 6.92 Å². The zero-order chi connectivity index (χ0) is 20.0. The summed E-state index contributed by atoms with van der Waals surface area (Å²) >= 11 is 0. The van der Waals surface area contributed by atoms with Gasteiger partial charge in [0.25, 0.3) is 0 Å². The number of carbonyl (C=O) groups is 1. The van der Waals surface area contributed by atoms with Crippen LogP contribution in [-0.4, -0.2) is 51.8 Å². The van der Waals surface area contributed by atoms with Crippen molar-refractivity contribution >= 4 is 5.97 Å². The molecule has 0 fully saturated rings. The van der Waals surface area contributed by atoms with Crippen molar-refractivity contribution in [3.05, 3.63) is 47.7 Å². The van der Waals surface area contributed by atoms with Crippen molar-refractivity contribution in [1.82, 2.24) is 14.9 Å². The van der Waals surface area contributed by atoms with E-state index in [4.69, 9.17) is 9.90 Å². The first-order valence-electron chi connectivity index (χ1n) is 8.33. The first-order valence-corrected chi connectivity index (χ1v) is 8.33. The predicted octanol–water partition coefficient (Wildman–Crippen LogP) is 3.34. The number of fused-ring (bicyclic) bond motifs is 1. The molecule has 0 amide bonds. The average molecular weight is 385 g/mol. The fourth-order valence-corrected chi connectivity index (χ4v) is 2.75. The molecule has 2 aromatic rings. The molecule has 0 atom stereocenters. The van der Waals surface area contributed by atoms with Crippen LogP contribution in [0.4, 0.5) is 17.6 Å². The van der Waals surface area contributed by atoms with Crippen molar-refractivity contribution in [3.8, 4) is 11.3 Å². The third-order valence-corrected chi connectivity index (χ3v) is 4.18. The van der Waals surface area contributed by atoms with E-state index in [2.05, 4.69) is 21.8 Å². The zero-order valence-corrected chi connectivity index (χ0v) is 14.6. The van der Waals surface area contributed by atoms with Crippen molar-refractivity contribution in [2.24, 2.45) is 0 Å². The topological polar surface area (TPSA) is 66.3 Å². The van der Waals surface area contributed by atoms with Crippen LogP contribution in [0.5, 0.6) is 0 Å². The molecule has 1 aromatic carbocycles. The Morgan fingerprint density at radius 1 is 1.15 bits per heavy atom. The van der Waals surface area contributed by atoms with Gasteiger partial charge in [-0.15, -0.1) is 0 Å². The Morgan fingerprint density at radius 2 is 1.74 bits per heavy atom. The Morgan fingerprint density at radius 3 is 2.30 bits per heavy atom. The van der Waals surface area contributed by atoms with Gasteiger partial charge in [-0.3, -0.25) is 0 Å². The molecule has 9 heteroatoms. The van der Waals surface area contributed by atoms with Crippen molar-refractivity contribution in [1.29, 1.82) is 0 Å². The maximum absolute atomic E-state index is 13.1. The highest BCUT2D eigenvalue weighted by Gasteiger charge is 2.38. The van der Waals surface area contributed by atoms with Crippen LogP contribution in [0.3, 0.4) is 0 Å². The first-order chi connectivity index (χ1) is 12.7. The van der Waals surface area contributed by atoms with Crippen molar-refractivity contribution in [3.63, 3.8) is 0 Å². The number of halogens is 4. The summed E-state index contributed by atoms with van der Waals surface area (Å²) < 4.78 is 44.8. The number of rotatable bonds is 2. The maximum Gasteiger partial charge on any atom is 0.490 e. The van der Waals surface area contributed by atoms with Gasteiger partial charge >= 0.3 is 12.1 Å².